The van der Waals surface area contributed by atoms with Gasteiger partial charge in [-0.25, -0.2) is 0 Å². The fraction of sp³-hybridized carbons (Fsp3) is 0.154. The van der Waals surface area contributed by atoms with Crippen LogP contribution >= 0.6 is 58.0 Å². The monoisotopic (exact) mass is 423 g/mol. The predicted molar refractivity (Wildman–Crippen MR) is 85.6 cm³/mol. The summed E-state index contributed by atoms with van der Waals surface area (Å²) in [4.78, 5) is 3.60. The van der Waals surface area contributed by atoms with Crippen LogP contribution in [-0.4, -0.2) is 10.1 Å². The molecule has 0 aliphatic rings. The zero-order chi connectivity index (χ0) is 17.5. The molecule has 0 bridgehead atoms. The lowest BCUT2D eigenvalue weighted by atomic mass is 10.0. The van der Waals surface area contributed by atoms with Crippen molar-refractivity contribution >= 4 is 58.0 Å². The number of hydrogen-bond donors (Lipinski definition) is 1. The third kappa shape index (κ3) is 3.50. The molecule has 0 radical (unpaired) electrons. The maximum atomic E-state index is 13.1. The van der Waals surface area contributed by atoms with E-state index >= 15 is 0 Å². The van der Waals surface area contributed by atoms with E-state index in [4.69, 9.17) is 63.1 Å². The molecule has 1 heterocycles. The lowest BCUT2D eigenvalue weighted by Crippen LogP contribution is -2.11. The fourth-order valence-electron chi connectivity index (χ4n) is 1.86. The second-order valence-corrected chi connectivity index (χ2v) is 6.21. The van der Waals surface area contributed by atoms with Crippen LogP contribution in [0.4, 0.5) is 13.2 Å². The van der Waals surface area contributed by atoms with E-state index in [-0.39, 0.29) is 36.2 Å². The van der Waals surface area contributed by atoms with Gasteiger partial charge in [0.2, 0.25) is 0 Å². The quantitative estimate of drug-likeness (QED) is 0.439. The number of aliphatic hydroxyl groups excluding tert-OH is 1. The molecule has 124 valence electrons. The molecule has 2 rings (SSSR count). The van der Waals surface area contributed by atoms with Crippen LogP contribution in [0.2, 0.25) is 25.1 Å². The minimum Gasteiger partial charge on any atom is -0.390 e. The second-order valence-electron chi connectivity index (χ2n) is 4.32. The number of halogens is 8. The maximum absolute atomic E-state index is 13.1. The zero-order valence-electron chi connectivity index (χ0n) is 10.8. The number of benzene rings is 1. The first-order valence-corrected chi connectivity index (χ1v) is 7.67. The molecule has 0 atom stereocenters. The van der Waals surface area contributed by atoms with Crippen molar-refractivity contribution < 1.29 is 18.3 Å². The van der Waals surface area contributed by atoms with Gasteiger partial charge in [-0.1, -0.05) is 58.0 Å². The summed E-state index contributed by atoms with van der Waals surface area (Å²) < 4.78 is 39.2. The van der Waals surface area contributed by atoms with Crippen LogP contribution in [-0.2, 0) is 12.8 Å². The van der Waals surface area contributed by atoms with E-state index in [1.807, 2.05) is 0 Å². The molecule has 0 spiro atoms. The molecule has 0 saturated carbocycles. The molecule has 23 heavy (non-hydrogen) atoms. The van der Waals surface area contributed by atoms with Crippen LogP contribution in [0.1, 0.15) is 11.3 Å². The number of aromatic nitrogens is 1. The highest BCUT2D eigenvalue weighted by Crippen LogP contribution is 2.48. The molecule has 1 aromatic heterocycles. The summed E-state index contributed by atoms with van der Waals surface area (Å²) in [6.07, 6.45) is -3.64. The van der Waals surface area contributed by atoms with E-state index in [1.165, 1.54) is 0 Å². The van der Waals surface area contributed by atoms with Crippen LogP contribution < -0.4 is 0 Å². The molecular weight excluding hydrogens is 420 g/mol. The lowest BCUT2D eigenvalue weighted by Gasteiger charge is -2.16. The Morgan fingerprint density at radius 3 is 1.83 bits per heavy atom. The van der Waals surface area contributed by atoms with E-state index in [0.717, 1.165) is 12.3 Å². The summed E-state index contributed by atoms with van der Waals surface area (Å²) >= 11 is 29.7. The van der Waals surface area contributed by atoms with Gasteiger partial charge in [-0.05, 0) is 6.07 Å². The van der Waals surface area contributed by atoms with Crippen molar-refractivity contribution in [3.8, 4) is 11.1 Å². The molecule has 0 unspecified atom stereocenters. The Kier molecular flexibility index (Phi) is 5.61. The third-order valence-corrected chi connectivity index (χ3v) is 5.20. The van der Waals surface area contributed by atoms with Crippen LogP contribution in [0.3, 0.4) is 0 Å². The average Bonchev–Trinajstić information content (AvgIpc) is 2.50. The Hall–Kier alpha value is -0.430. The predicted octanol–water partition coefficient (Wildman–Crippen LogP) is 6.53. The second kappa shape index (κ2) is 6.82. The molecule has 0 fully saturated rings. The van der Waals surface area contributed by atoms with Crippen molar-refractivity contribution in [2.45, 2.75) is 12.8 Å². The van der Waals surface area contributed by atoms with Crippen LogP contribution in [0, 0.1) is 0 Å². The number of pyridine rings is 1. The first-order chi connectivity index (χ1) is 10.6. The molecule has 0 amide bonds. The SMILES string of the molecule is OCc1ncc(-c2c(Cl)c(Cl)c(Cl)c(Cl)c2Cl)cc1C(F)(F)F. The molecule has 1 N–H and O–H groups in total. The highest BCUT2D eigenvalue weighted by atomic mass is 35.5. The first kappa shape index (κ1) is 18.9. The number of aliphatic hydroxyl groups is 1. The van der Waals surface area contributed by atoms with Crippen LogP contribution in [0.5, 0.6) is 0 Å². The van der Waals surface area contributed by atoms with Crippen molar-refractivity contribution in [3.05, 3.63) is 48.6 Å². The lowest BCUT2D eigenvalue weighted by molar-refractivity contribution is -0.139. The van der Waals surface area contributed by atoms with Crippen molar-refractivity contribution in [1.82, 2.24) is 4.98 Å². The van der Waals surface area contributed by atoms with E-state index in [2.05, 4.69) is 4.98 Å². The van der Waals surface area contributed by atoms with Crippen molar-refractivity contribution in [1.29, 1.82) is 0 Å². The van der Waals surface area contributed by atoms with E-state index < -0.39 is 24.0 Å². The number of rotatable bonds is 2. The van der Waals surface area contributed by atoms with Gasteiger partial charge < -0.3 is 5.11 Å². The maximum Gasteiger partial charge on any atom is 0.418 e. The van der Waals surface area contributed by atoms with Crippen LogP contribution in [0.15, 0.2) is 12.3 Å². The van der Waals surface area contributed by atoms with Crippen molar-refractivity contribution in [3.63, 3.8) is 0 Å². The Morgan fingerprint density at radius 1 is 0.913 bits per heavy atom. The standard InChI is InChI=1S/C13H5Cl5F3NO/c14-8-7(9(15)11(17)12(18)10(8)16)4-1-5(13(19,20)21)6(3-23)22-2-4/h1-2,23H,3H2. The van der Waals surface area contributed by atoms with E-state index in [1.54, 1.807) is 0 Å². The van der Waals surface area contributed by atoms with E-state index in [9.17, 15) is 13.2 Å². The molecule has 2 nitrogen and oxygen atoms in total. The Morgan fingerprint density at radius 2 is 1.39 bits per heavy atom. The van der Waals surface area contributed by atoms with Gasteiger partial charge in [-0.2, -0.15) is 13.2 Å². The molecule has 2 aromatic rings. The van der Waals surface area contributed by atoms with E-state index in [0.29, 0.717) is 0 Å². The summed E-state index contributed by atoms with van der Waals surface area (Å²) in [5, 5.41) is 8.30. The van der Waals surface area contributed by atoms with Gasteiger partial charge in [0.25, 0.3) is 0 Å². The third-order valence-electron chi connectivity index (χ3n) is 2.92. The minimum absolute atomic E-state index is 0.0322. The van der Waals surface area contributed by atoms with Crippen molar-refractivity contribution in [2.24, 2.45) is 0 Å². The van der Waals surface area contributed by atoms with Gasteiger partial charge in [-0.3, -0.25) is 4.98 Å². The molecule has 0 aliphatic heterocycles. The van der Waals surface area contributed by atoms with Gasteiger partial charge in [-0.15, -0.1) is 0 Å². The Bertz CT molecular complexity index is 750. The summed E-state index contributed by atoms with van der Waals surface area (Å²) in [6.45, 7) is -0.876. The number of hydrogen-bond acceptors (Lipinski definition) is 2. The molecule has 0 aliphatic carbocycles. The van der Waals surface area contributed by atoms with Crippen LogP contribution in [0.25, 0.3) is 11.1 Å². The molecule has 0 saturated heterocycles. The topological polar surface area (TPSA) is 33.1 Å². The number of nitrogens with zero attached hydrogens (tertiary/aromatic N) is 1. The summed E-state index contributed by atoms with van der Waals surface area (Å²) in [6, 6.07) is 0.756. The first-order valence-electron chi connectivity index (χ1n) is 5.78. The zero-order valence-corrected chi connectivity index (χ0v) is 14.6. The summed E-state index contributed by atoms with van der Waals surface area (Å²) in [5.41, 5.74) is -1.74. The van der Waals surface area contributed by atoms with Gasteiger partial charge in [0, 0.05) is 17.3 Å². The molecule has 1 aromatic carbocycles. The Labute approximate surface area is 153 Å². The molecule has 10 heteroatoms. The smallest absolute Gasteiger partial charge is 0.390 e. The average molecular weight is 425 g/mol. The van der Waals surface area contributed by atoms with Gasteiger partial charge in [0.1, 0.15) is 0 Å². The number of alkyl halides is 3. The Balaban J connectivity index is 2.79. The van der Waals surface area contributed by atoms with Gasteiger partial charge in [0.05, 0.1) is 43.0 Å². The summed E-state index contributed by atoms with van der Waals surface area (Å²) in [7, 11) is 0. The highest BCUT2D eigenvalue weighted by molar-refractivity contribution is 6.56. The molecular formula is C13H5Cl5F3NO. The fourth-order valence-corrected chi connectivity index (χ4v) is 3.22. The van der Waals surface area contributed by atoms with Gasteiger partial charge in [0.15, 0.2) is 0 Å². The summed E-state index contributed by atoms with van der Waals surface area (Å²) in [5.74, 6) is 0. The van der Waals surface area contributed by atoms with Crippen molar-refractivity contribution in [2.75, 3.05) is 0 Å². The highest BCUT2D eigenvalue weighted by Gasteiger charge is 2.35. The van der Waals surface area contributed by atoms with Gasteiger partial charge >= 0.3 is 6.18 Å². The largest absolute Gasteiger partial charge is 0.418 e. The minimum atomic E-state index is -4.72. The normalized spacial score (nSPS) is 11.9.